The highest BCUT2D eigenvalue weighted by atomic mass is 35.5. The Hall–Kier alpha value is -2.24. The molecule has 2 aromatic rings. The lowest BCUT2D eigenvalue weighted by atomic mass is 10.2. The van der Waals surface area contributed by atoms with Gasteiger partial charge in [-0.3, -0.25) is 4.98 Å². The van der Waals surface area contributed by atoms with Crippen LogP contribution in [0, 0.1) is 6.92 Å². The molecule has 0 saturated heterocycles. The molecule has 0 atom stereocenters. The van der Waals surface area contributed by atoms with E-state index in [1.807, 2.05) is 62.9 Å². The highest BCUT2D eigenvalue weighted by Gasteiger charge is 2.06. The van der Waals surface area contributed by atoms with Gasteiger partial charge in [-0.1, -0.05) is 48.7 Å². The zero-order chi connectivity index (χ0) is 20.4. The second-order valence-corrected chi connectivity index (χ2v) is 7.05. The third-order valence-electron chi connectivity index (χ3n) is 3.35. The molecule has 0 spiro atoms. The molecule has 144 valence electrons. The van der Waals surface area contributed by atoms with Gasteiger partial charge >= 0.3 is 0 Å². The quantitative estimate of drug-likeness (QED) is 0.638. The standard InChI is InChI=1S/C13H17N3S.C8H9ClO/c1-6-11(17-7-2)12-13(15-10(3)4)16(5)9-8-14-12;1-6-3-4-8(10-2)7(9)5-6/h6-9H,2-3H2,1,4-5H3;3-5H,1-2H3/b11-6-,15-13?;. The van der Waals surface area contributed by atoms with Crippen LogP contribution in [0.1, 0.15) is 25.1 Å². The Balaban J connectivity index is 0.000000309. The largest absolute Gasteiger partial charge is 0.495 e. The predicted octanol–water partition coefficient (Wildman–Crippen LogP) is 5.75. The van der Waals surface area contributed by atoms with Crippen LogP contribution in [0.25, 0.3) is 4.91 Å². The number of aromatic nitrogens is 2. The van der Waals surface area contributed by atoms with Gasteiger partial charge in [0.2, 0.25) is 0 Å². The van der Waals surface area contributed by atoms with Gasteiger partial charge in [-0.05, 0) is 43.9 Å². The number of hydrogen-bond donors (Lipinski definition) is 0. The Labute approximate surface area is 171 Å². The summed E-state index contributed by atoms with van der Waals surface area (Å²) >= 11 is 7.34. The Morgan fingerprint density at radius 2 is 2.11 bits per heavy atom. The normalized spacial score (nSPS) is 11.5. The first kappa shape index (κ1) is 22.8. The molecule has 0 bridgehead atoms. The molecule has 0 fully saturated rings. The van der Waals surface area contributed by atoms with Crippen molar-refractivity contribution in [3.05, 3.63) is 82.7 Å². The van der Waals surface area contributed by atoms with E-state index in [2.05, 4.69) is 23.1 Å². The van der Waals surface area contributed by atoms with Crippen LogP contribution in [0.15, 0.2) is 65.9 Å². The summed E-state index contributed by atoms with van der Waals surface area (Å²) in [6.45, 7) is 13.4. The summed E-state index contributed by atoms with van der Waals surface area (Å²) in [6.07, 6.45) is 5.64. The van der Waals surface area contributed by atoms with Gasteiger partial charge in [0.15, 0.2) is 5.49 Å². The van der Waals surface area contributed by atoms with Crippen molar-refractivity contribution in [1.82, 2.24) is 9.55 Å². The van der Waals surface area contributed by atoms with E-state index in [0.717, 1.165) is 33.1 Å². The summed E-state index contributed by atoms with van der Waals surface area (Å²) in [5.74, 6) is 0.729. The summed E-state index contributed by atoms with van der Waals surface area (Å²) in [6, 6.07) is 5.70. The van der Waals surface area contributed by atoms with E-state index in [1.165, 1.54) is 11.8 Å². The third kappa shape index (κ3) is 7.12. The van der Waals surface area contributed by atoms with Crippen LogP contribution in [0.2, 0.25) is 5.02 Å². The van der Waals surface area contributed by atoms with Crippen molar-refractivity contribution in [3.8, 4) is 5.75 Å². The number of methoxy groups -OCH3 is 1. The second-order valence-electron chi connectivity index (χ2n) is 5.63. The van der Waals surface area contributed by atoms with Gasteiger partial charge in [0.25, 0.3) is 0 Å². The maximum atomic E-state index is 5.80. The molecule has 0 amide bonds. The fraction of sp³-hybridized carbons (Fsp3) is 0.238. The van der Waals surface area contributed by atoms with Crippen LogP contribution < -0.4 is 10.2 Å². The topological polar surface area (TPSA) is 39.4 Å². The van der Waals surface area contributed by atoms with Gasteiger partial charge in [0.05, 0.1) is 12.1 Å². The van der Waals surface area contributed by atoms with E-state index < -0.39 is 0 Å². The highest BCUT2D eigenvalue weighted by Crippen LogP contribution is 2.24. The summed E-state index contributed by atoms with van der Waals surface area (Å²) in [5.41, 5.74) is 3.56. The van der Waals surface area contributed by atoms with Gasteiger partial charge in [0, 0.05) is 30.0 Å². The van der Waals surface area contributed by atoms with Crippen molar-refractivity contribution < 1.29 is 4.74 Å². The molecular formula is C21H26ClN3OS. The maximum absolute atomic E-state index is 5.80. The molecule has 0 aliphatic carbocycles. The first-order chi connectivity index (χ1) is 12.8. The molecule has 0 unspecified atom stereocenters. The van der Waals surface area contributed by atoms with Gasteiger partial charge in [-0.25, -0.2) is 4.99 Å². The van der Waals surface area contributed by atoms with E-state index in [1.54, 1.807) is 18.7 Å². The van der Waals surface area contributed by atoms with E-state index in [9.17, 15) is 0 Å². The highest BCUT2D eigenvalue weighted by molar-refractivity contribution is 8.10. The van der Waals surface area contributed by atoms with E-state index in [0.29, 0.717) is 5.02 Å². The smallest absolute Gasteiger partial charge is 0.159 e. The molecular weight excluding hydrogens is 378 g/mol. The number of halogens is 1. The molecule has 1 aromatic heterocycles. The molecule has 6 heteroatoms. The van der Waals surface area contributed by atoms with Crippen LogP contribution in [0.3, 0.4) is 0 Å². The van der Waals surface area contributed by atoms with Crippen LogP contribution in [0.5, 0.6) is 5.75 Å². The zero-order valence-electron chi connectivity index (χ0n) is 16.5. The second kappa shape index (κ2) is 11.5. The SMILES string of the molecule is C=CS/C(=C\C)c1nccn(C)c1=NC(=C)C.COc1ccc(C)cc1Cl. The molecule has 1 heterocycles. The minimum absolute atomic E-state index is 0.669. The molecule has 0 radical (unpaired) electrons. The fourth-order valence-electron chi connectivity index (χ4n) is 2.11. The van der Waals surface area contributed by atoms with Crippen LogP contribution in [-0.4, -0.2) is 16.7 Å². The summed E-state index contributed by atoms with van der Waals surface area (Å²) in [5, 5.41) is 2.46. The lowest BCUT2D eigenvalue weighted by Gasteiger charge is -2.07. The van der Waals surface area contributed by atoms with Crippen molar-refractivity contribution in [3.63, 3.8) is 0 Å². The number of allylic oxidation sites excluding steroid dienone is 2. The summed E-state index contributed by atoms with van der Waals surface area (Å²) in [4.78, 5) is 9.86. The summed E-state index contributed by atoms with van der Waals surface area (Å²) < 4.78 is 6.90. The molecule has 1 aromatic carbocycles. The molecule has 0 saturated carbocycles. The molecule has 2 rings (SSSR count). The van der Waals surface area contributed by atoms with E-state index >= 15 is 0 Å². The van der Waals surface area contributed by atoms with E-state index in [4.69, 9.17) is 16.3 Å². The predicted molar refractivity (Wildman–Crippen MR) is 118 cm³/mol. The lowest BCUT2D eigenvalue weighted by molar-refractivity contribution is 0.415. The molecule has 27 heavy (non-hydrogen) atoms. The average molecular weight is 404 g/mol. The Morgan fingerprint density at radius 1 is 1.41 bits per heavy atom. The van der Waals surface area contributed by atoms with Crippen molar-refractivity contribution in [2.75, 3.05) is 7.11 Å². The van der Waals surface area contributed by atoms with Crippen molar-refractivity contribution >= 4 is 28.3 Å². The van der Waals surface area contributed by atoms with Gasteiger partial charge in [-0.2, -0.15) is 0 Å². The van der Waals surface area contributed by atoms with Gasteiger partial charge < -0.3 is 9.30 Å². The molecule has 0 aliphatic heterocycles. The fourth-order valence-corrected chi connectivity index (χ4v) is 2.99. The third-order valence-corrected chi connectivity index (χ3v) is 4.49. The Morgan fingerprint density at radius 3 is 2.63 bits per heavy atom. The van der Waals surface area contributed by atoms with Crippen LogP contribution in [0.4, 0.5) is 0 Å². The Kier molecular flexibility index (Phi) is 9.68. The number of hydrogen-bond acceptors (Lipinski definition) is 4. The minimum atomic E-state index is 0.669. The summed E-state index contributed by atoms with van der Waals surface area (Å²) in [7, 11) is 3.55. The van der Waals surface area contributed by atoms with E-state index in [-0.39, 0.29) is 0 Å². The lowest BCUT2D eigenvalue weighted by Crippen LogP contribution is -2.23. The number of nitrogens with zero attached hydrogens (tertiary/aromatic N) is 3. The maximum Gasteiger partial charge on any atom is 0.159 e. The van der Waals surface area contributed by atoms with Gasteiger partial charge in [-0.15, -0.1) is 0 Å². The minimum Gasteiger partial charge on any atom is -0.495 e. The Bertz CT molecular complexity index is 901. The zero-order valence-corrected chi connectivity index (χ0v) is 18.1. The van der Waals surface area contributed by atoms with Crippen molar-refractivity contribution in [1.29, 1.82) is 0 Å². The first-order valence-electron chi connectivity index (χ1n) is 8.30. The molecule has 0 N–H and O–H groups in total. The van der Waals surface area contributed by atoms with Crippen molar-refractivity contribution in [2.24, 2.45) is 12.0 Å². The van der Waals surface area contributed by atoms with Crippen molar-refractivity contribution in [2.45, 2.75) is 20.8 Å². The molecule has 4 nitrogen and oxygen atoms in total. The average Bonchev–Trinajstić information content (AvgIpc) is 2.62. The number of ether oxygens (including phenoxy) is 1. The first-order valence-corrected chi connectivity index (χ1v) is 9.56. The number of benzene rings is 1. The number of rotatable bonds is 5. The number of aryl methyl sites for hydroxylation is 2. The van der Waals surface area contributed by atoms with Gasteiger partial charge in [0.1, 0.15) is 11.4 Å². The monoisotopic (exact) mass is 403 g/mol. The molecule has 0 aliphatic rings. The van der Waals surface area contributed by atoms with Crippen LogP contribution in [-0.2, 0) is 7.05 Å². The van der Waals surface area contributed by atoms with Crippen LogP contribution >= 0.6 is 23.4 Å². The number of thioether (sulfide) groups is 1.